The summed E-state index contributed by atoms with van der Waals surface area (Å²) in [5, 5.41) is 4.76. The molecule has 0 bridgehead atoms. The molecule has 2 aromatic carbocycles. The molecule has 0 aliphatic heterocycles. The summed E-state index contributed by atoms with van der Waals surface area (Å²) in [6.45, 7) is 0. The van der Waals surface area contributed by atoms with Crippen LogP contribution in [-0.2, 0) is 0 Å². The van der Waals surface area contributed by atoms with Crippen molar-refractivity contribution in [3.05, 3.63) is 58.0 Å². The first-order valence-electron chi connectivity index (χ1n) is 6.25. The van der Waals surface area contributed by atoms with E-state index in [1.54, 1.807) is 25.3 Å². The molecular formula is C16H11BrClNO2. The van der Waals surface area contributed by atoms with Crippen LogP contribution in [0.3, 0.4) is 0 Å². The van der Waals surface area contributed by atoms with Crippen LogP contribution in [0.1, 0.15) is 0 Å². The van der Waals surface area contributed by atoms with Crippen molar-refractivity contribution in [3.8, 4) is 28.3 Å². The van der Waals surface area contributed by atoms with Crippen molar-refractivity contribution < 1.29 is 9.26 Å². The van der Waals surface area contributed by atoms with Gasteiger partial charge in [-0.1, -0.05) is 47.1 Å². The van der Waals surface area contributed by atoms with E-state index in [2.05, 4.69) is 21.1 Å². The average Bonchev–Trinajstić information content (AvgIpc) is 2.89. The van der Waals surface area contributed by atoms with E-state index in [-0.39, 0.29) is 0 Å². The molecule has 3 nitrogen and oxygen atoms in total. The summed E-state index contributed by atoms with van der Waals surface area (Å²) in [5.41, 5.74) is 2.39. The van der Waals surface area contributed by atoms with Gasteiger partial charge in [0.1, 0.15) is 11.4 Å². The maximum absolute atomic E-state index is 6.07. The summed E-state index contributed by atoms with van der Waals surface area (Å²) in [6.07, 6.45) is 0. The Bertz CT molecular complexity index is 771. The van der Waals surface area contributed by atoms with Crippen LogP contribution in [0.25, 0.3) is 22.6 Å². The van der Waals surface area contributed by atoms with Crippen LogP contribution in [0.5, 0.6) is 5.75 Å². The van der Waals surface area contributed by atoms with Crippen molar-refractivity contribution in [1.29, 1.82) is 0 Å². The van der Waals surface area contributed by atoms with Gasteiger partial charge in [-0.25, -0.2) is 0 Å². The summed E-state index contributed by atoms with van der Waals surface area (Å²) in [7, 11) is 1.61. The van der Waals surface area contributed by atoms with Crippen molar-refractivity contribution in [3.63, 3.8) is 0 Å². The van der Waals surface area contributed by atoms with E-state index in [9.17, 15) is 0 Å². The van der Waals surface area contributed by atoms with Gasteiger partial charge in [-0.05, 0) is 34.1 Å². The predicted octanol–water partition coefficient (Wildman–Crippen LogP) is 5.43. The first kappa shape index (κ1) is 14.2. The minimum absolute atomic E-state index is 0.613. The minimum Gasteiger partial charge on any atom is -0.496 e. The van der Waals surface area contributed by atoms with Crippen LogP contribution in [0, 0.1) is 0 Å². The summed E-state index contributed by atoms with van der Waals surface area (Å²) in [5.74, 6) is 1.36. The highest BCUT2D eigenvalue weighted by atomic mass is 79.9. The molecule has 0 atom stereocenters. The average molecular weight is 365 g/mol. The summed E-state index contributed by atoms with van der Waals surface area (Å²) in [4.78, 5) is 0. The summed E-state index contributed by atoms with van der Waals surface area (Å²) in [6, 6.07) is 15.2. The van der Waals surface area contributed by atoms with Crippen LogP contribution in [-0.4, -0.2) is 12.3 Å². The molecule has 0 fully saturated rings. The number of rotatable bonds is 3. The second-order valence-corrected chi connectivity index (χ2v) is 5.61. The molecule has 0 amide bonds. The second-order valence-electron chi connectivity index (χ2n) is 4.38. The number of aromatic nitrogens is 1. The largest absolute Gasteiger partial charge is 0.496 e. The fourth-order valence-electron chi connectivity index (χ4n) is 2.08. The Morgan fingerprint density at radius 2 is 1.90 bits per heavy atom. The van der Waals surface area contributed by atoms with Crippen LogP contribution >= 0.6 is 27.5 Å². The zero-order valence-corrected chi connectivity index (χ0v) is 13.5. The number of methoxy groups -OCH3 is 1. The summed E-state index contributed by atoms with van der Waals surface area (Å²) < 4.78 is 11.6. The first-order valence-corrected chi connectivity index (χ1v) is 7.42. The highest BCUT2D eigenvalue weighted by Gasteiger charge is 2.19. The zero-order valence-electron chi connectivity index (χ0n) is 11.1. The van der Waals surface area contributed by atoms with Gasteiger partial charge in [-0.15, -0.1) is 0 Å². The topological polar surface area (TPSA) is 35.3 Å². The maximum atomic E-state index is 6.07. The normalized spacial score (nSPS) is 10.6. The number of halogens is 2. The maximum Gasteiger partial charge on any atom is 0.181 e. The predicted molar refractivity (Wildman–Crippen MR) is 86.6 cm³/mol. The van der Waals surface area contributed by atoms with Crippen LogP contribution in [0.15, 0.2) is 57.5 Å². The molecule has 106 valence electrons. The van der Waals surface area contributed by atoms with Gasteiger partial charge in [0, 0.05) is 16.1 Å². The van der Waals surface area contributed by atoms with Gasteiger partial charge >= 0.3 is 0 Å². The van der Waals surface area contributed by atoms with Crippen molar-refractivity contribution in [2.24, 2.45) is 0 Å². The minimum atomic E-state index is 0.613. The number of hydrogen-bond acceptors (Lipinski definition) is 3. The Morgan fingerprint density at radius 3 is 2.62 bits per heavy atom. The van der Waals surface area contributed by atoms with E-state index in [1.165, 1.54) is 0 Å². The van der Waals surface area contributed by atoms with Gasteiger partial charge in [0.2, 0.25) is 0 Å². The fraction of sp³-hybridized carbons (Fsp3) is 0.0625. The van der Waals surface area contributed by atoms with Crippen LogP contribution < -0.4 is 4.74 Å². The van der Waals surface area contributed by atoms with Gasteiger partial charge in [-0.3, -0.25) is 0 Å². The molecule has 0 aliphatic carbocycles. The third kappa shape index (κ3) is 2.69. The molecular weight excluding hydrogens is 354 g/mol. The van der Waals surface area contributed by atoms with E-state index >= 15 is 0 Å². The molecule has 0 saturated heterocycles. The lowest BCUT2D eigenvalue weighted by Crippen LogP contribution is -1.88. The van der Waals surface area contributed by atoms with Gasteiger partial charge in [0.25, 0.3) is 0 Å². The second kappa shape index (κ2) is 5.92. The molecule has 1 heterocycles. The Labute approximate surface area is 135 Å². The number of ether oxygens (including phenoxy) is 1. The standard InChI is InChI=1S/C16H11BrClNO2/c1-20-13-8-7-11(18)9-12(13)15-14(17)16(21-19-15)10-5-3-2-4-6-10/h2-9H,1H3. The molecule has 5 heteroatoms. The van der Waals surface area contributed by atoms with Gasteiger partial charge < -0.3 is 9.26 Å². The highest BCUT2D eigenvalue weighted by Crippen LogP contribution is 2.40. The molecule has 0 aliphatic rings. The molecule has 21 heavy (non-hydrogen) atoms. The fourth-order valence-corrected chi connectivity index (χ4v) is 2.84. The zero-order chi connectivity index (χ0) is 14.8. The van der Waals surface area contributed by atoms with Crippen molar-refractivity contribution in [1.82, 2.24) is 5.16 Å². The van der Waals surface area contributed by atoms with E-state index in [0.29, 0.717) is 22.2 Å². The van der Waals surface area contributed by atoms with E-state index < -0.39 is 0 Å². The van der Waals surface area contributed by atoms with Crippen molar-refractivity contribution >= 4 is 27.5 Å². The third-order valence-corrected chi connectivity index (χ3v) is 4.06. The Morgan fingerprint density at radius 1 is 1.14 bits per heavy atom. The Balaban J connectivity index is 2.14. The van der Waals surface area contributed by atoms with Crippen LogP contribution in [0.2, 0.25) is 5.02 Å². The van der Waals surface area contributed by atoms with Crippen LogP contribution in [0.4, 0.5) is 0 Å². The van der Waals surface area contributed by atoms with E-state index in [0.717, 1.165) is 15.6 Å². The number of benzene rings is 2. The highest BCUT2D eigenvalue weighted by molar-refractivity contribution is 9.10. The smallest absolute Gasteiger partial charge is 0.181 e. The molecule has 0 spiro atoms. The molecule has 3 aromatic rings. The van der Waals surface area contributed by atoms with Crippen molar-refractivity contribution in [2.45, 2.75) is 0 Å². The lowest BCUT2D eigenvalue weighted by molar-refractivity contribution is 0.413. The molecule has 0 radical (unpaired) electrons. The number of nitrogens with zero attached hydrogens (tertiary/aromatic N) is 1. The van der Waals surface area contributed by atoms with E-state index in [1.807, 2.05) is 30.3 Å². The monoisotopic (exact) mass is 363 g/mol. The molecule has 0 unspecified atom stereocenters. The number of hydrogen-bond donors (Lipinski definition) is 0. The van der Waals surface area contributed by atoms with Crippen molar-refractivity contribution in [2.75, 3.05) is 7.11 Å². The summed E-state index contributed by atoms with van der Waals surface area (Å²) >= 11 is 9.63. The molecule has 3 rings (SSSR count). The van der Waals surface area contributed by atoms with Gasteiger partial charge in [0.05, 0.1) is 11.6 Å². The third-order valence-electron chi connectivity index (χ3n) is 3.09. The SMILES string of the molecule is COc1ccc(Cl)cc1-c1noc(-c2ccccc2)c1Br. The molecule has 0 saturated carbocycles. The van der Waals surface area contributed by atoms with Gasteiger partial charge in [0.15, 0.2) is 5.76 Å². The first-order chi connectivity index (χ1) is 10.2. The Kier molecular flexibility index (Phi) is 3.99. The lowest BCUT2D eigenvalue weighted by atomic mass is 10.1. The molecule has 1 aromatic heterocycles. The molecule has 0 N–H and O–H groups in total. The van der Waals surface area contributed by atoms with E-state index in [4.69, 9.17) is 20.9 Å². The lowest BCUT2D eigenvalue weighted by Gasteiger charge is -2.06. The van der Waals surface area contributed by atoms with Gasteiger partial charge in [-0.2, -0.15) is 0 Å². The Hall–Kier alpha value is -1.78. The quantitative estimate of drug-likeness (QED) is 0.621.